The monoisotopic (exact) mass is 295 g/mol. The second-order valence-electron chi connectivity index (χ2n) is 4.85. The van der Waals surface area contributed by atoms with E-state index < -0.39 is 4.92 Å². The molecule has 3 N–H and O–H groups in total. The summed E-state index contributed by atoms with van der Waals surface area (Å²) < 4.78 is 5.51. The van der Waals surface area contributed by atoms with Gasteiger partial charge in [-0.3, -0.25) is 10.1 Å². The third-order valence-corrected chi connectivity index (χ3v) is 3.61. The molecule has 0 aromatic carbocycles. The van der Waals surface area contributed by atoms with Crippen molar-refractivity contribution < 1.29 is 14.9 Å². The van der Waals surface area contributed by atoms with E-state index in [1.54, 1.807) is 7.05 Å². The molecule has 1 aliphatic heterocycles. The van der Waals surface area contributed by atoms with Crippen LogP contribution in [0.5, 0.6) is 0 Å². The second kappa shape index (κ2) is 5.92. The van der Waals surface area contributed by atoms with Gasteiger partial charge < -0.3 is 20.6 Å². The molecule has 114 valence electrons. The number of nitrogens with two attached hydrogens (primary N) is 1. The van der Waals surface area contributed by atoms with Gasteiger partial charge >= 0.3 is 0 Å². The second-order valence-corrected chi connectivity index (χ2v) is 4.85. The van der Waals surface area contributed by atoms with E-state index in [9.17, 15) is 10.1 Å². The van der Waals surface area contributed by atoms with Gasteiger partial charge in [-0.2, -0.15) is 0 Å². The zero-order valence-corrected chi connectivity index (χ0v) is 11.8. The van der Waals surface area contributed by atoms with Crippen LogP contribution in [0.15, 0.2) is 17.4 Å². The number of rotatable bonds is 4. The molecule has 0 radical (unpaired) electrons. The van der Waals surface area contributed by atoms with Gasteiger partial charge in [-0.25, -0.2) is 4.98 Å². The van der Waals surface area contributed by atoms with Crippen LogP contribution >= 0.6 is 0 Å². The maximum atomic E-state index is 10.8. The first-order valence-corrected chi connectivity index (χ1v) is 6.42. The molecule has 1 aliphatic rings. The molecule has 2 rings (SSSR count). The van der Waals surface area contributed by atoms with Crippen LogP contribution < -0.4 is 10.6 Å². The summed E-state index contributed by atoms with van der Waals surface area (Å²) in [4.78, 5) is 16.2. The fourth-order valence-electron chi connectivity index (χ4n) is 2.46. The van der Waals surface area contributed by atoms with Gasteiger partial charge in [0.05, 0.1) is 22.6 Å². The lowest BCUT2D eigenvalue weighted by Crippen LogP contribution is -2.38. The quantitative estimate of drug-likeness (QED) is 0.275. The van der Waals surface area contributed by atoms with Crippen LogP contribution in [0.25, 0.3) is 0 Å². The van der Waals surface area contributed by atoms with E-state index in [0.29, 0.717) is 12.4 Å². The summed E-state index contributed by atoms with van der Waals surface area (Å²) in [5, 5.41) is 22.6. The van der Waals surface area contributed by atoms with Gasteiger partial charge in [0.25, 0.3) is 5.69 Å². The Kier molecular flexibility index (Phi) is 4.22. The van der Waals surface area contributed by atoms with Crippen LogP contribution in [0.1, 0.15) is 18.9 Å². The van der Waals surface area contributed by atoms with Gasteiger partial charge in [0.2, 0.25) is 0 Å². The Morgan fingerprint density at radius 1 is 1.71 bits per heavy atom. The molecule has 2 heterocycles. The van der Waals surface area contributed by atoms with E-state index in [1.807, 2.05) is 11.8 Å². The minimum Gasteiger partial charge on any atom is -0.409 e. The van der Waals surface area contributed by atoms with Crippen LogP contribution in [-0.2, 0) is 4.74 Å². The molecule has 0 bridgehead atoms. The molecule has 2 unspecified atom stereocenters. The van der Waals surface area contributed by atoms with Gasteiger partial charge in [0, 0.05) is 19.7 Å². The minimum atomic E-state index is -0.577. The van der Waals surface area contributed by atoms with E-state index in [1.165, 1.54) is 6.07 Å². The number of oxime groups is 1. The first-order valence-electron chi connectivity index (χ1n) is 6.42. The largest absolute Gasteiger partial charge is 0.409 e. The first-order chi connectivity index (χ1) is 9.95. The first kappa shape index (κ1) is 15.0. The summed E-state index contributed by atoms with van der Waals surface area (Å²) in [6, 6.07) is 1.32. The highest BCUT2D eigenvalue weighted by Crippen LogP contribution is 2.27. The van der Waals surface area contributed by atoms with Crippen molar-refractivity contribution in [1.82, 2.24) is 4.98 Å². The third-order valence-electron chi connectivity index (χ3n) is 3.61. The highest BCUT2D eigenvalue weighted by Gasteiger charge is 2.30. The zero-order valence-electron chi connectivity index (χ0n) is 11.8. The number of anilines is 1. The average molecular weight is 295 g/mol. The zero-order chi connectivity index (χ0) is 15.6. The normalized spacial score (nSPS) is 22.3. The Bertz CT molecular complexity index is 577. The van der Waals surface area contributed by atoms with Crippen molar-refractivity contribution in [2.45, 2.75) is 25.5 Å². The predicted molar refractivity (Wildman–Crippen MR) is 75.6 cm³/mol. The molecule has 0 saturated carbocycles. The summed E-state index contributed by atoms with van der Waals surface area (Å²) in [5.74, 6) is 0.192. The summed E-state index contributed by atoms with van der Waals surface area (Å²) in [6.45, 7) is 2.59. The lowest BCUT2D eigenvalue weighted by atomic mass is 10.1. The van der Waals surface area contributed by atoms with Crippen LogP contribution in [0.4, 0.5) is 11.5 Å². The maximum absolute atomic E-state index is 10.8. The molecular weight excluding hydrogens is 278 g/mol. The van der Waals surface area contributed by atoms with Gasteiger partial charge in [-0.15, -0.1) is 0 Å². The number of hydrogen-bond acceptors (Lipinski definition) is 7. The van der Waals surface area contributed by atoms with Crippen molar-refractivity contribution in [3.63, 3.8) is 0 Å². The molecule has 1 fully saturated rings. The topological polar surface area (TPSA) is 127 Å². The van der Waals surface area contributed by atoms with Crippen molar-refractivity contribution in [3.05, 3.63) is 27.9 Å². The smallest absolute Gasteiger partial charge is 0.288 e. The van der Waals surface area contributed by atoms with Gasteiger partial charge in [0.1, 0.15) is 12.0 Å². The lowest BCUT2D eigenvalue weighted by Gasteiger charge is -2.29. The number of aromatic nitrogens is 1. The molecule has 9 nitrogen and oxygen atoms in total. The fourth-order valence-corrected chi connectivity index (χ4v) is 2.46. The fraction of sp³-hybridized carbons (Fsp3) is 0.500. The van der Waals surface area contributed by atoms with Crippen molar-refractivity contribution in [1.29, 1.82) is 0 Å². The Morgan fingerprint density at radius 2 is 2.43 bits per heavy atom. The SMILES string of the molecule is CC1OCCC1N(C)c1ncc([N+](=O)[O-])cc1C(N)=NO. The summed E-state index contributed by atoms with van der Waals surface area (Å²) >= 11 is 0. The summed E-state index contributed by atoms with van der Waals surface area (Å²) in [7, 11) is 1.80. The molecule has 21 heavy (non-hydrogen) atoms. The molecule has 9 heteroatoms. The summed E-state index contributed by atoms with van der Waals surface area (Å²) in [5.41, 5.74) is 5.61. The van der Waals surface area contributed by atoms with E-state index in [4.69, 9.17) is 15.7 Å². The highest BCUT2D eigenvalue weighted by molar-refractivity contribution is 6.02. The Balaban J connectivity index is 2.44. The number of ether oxygens (including phenoxy) is 1. The van der Waals surface area contributed by atoms with Crippen molar-refractivity contribution >= 4 is 17.3 Å². The predicted octanol–water partition coefficient (Wildman–Crippen LogP) is 0.698. The minimum absolute atomic E-state index is 0.00660. The number of nitro groups is 1. The highest BCUT2D eigenvalue weighted by atomic mass is 16.6. The molecule has 1 saturated heterocycles. The third kappa shape index (κ3) is 2.87. The van der Waals surface area contributed by atoms with Crippen LogP contribution in [-0.4, -0.2) is 46.8 Å². The molecule has 2 atom stereocenters. The molecule has 0 aliphatic carbocycles. The summed E-state index contributed by atoms with van der Waals surface area (Å²) in [6.07, 6.45) is 1.97. The number of likely N-dealkylation sites (N-methyl/N-ethyl adjacent to an activating group) is 1. The van der Waals surface area contributed by atoms with Gasteiger partial charge in [-0.1, -0.05) is 5.16 Å². The molecule has 0 amide bonds. The van der Waals surface area contributed by atoms with Crippen molar-refractivity contribution in [2.75, 3.05) is 18.6 Å². The van der Waals surface area contributed by atoms with E-state index in [-0.39, 0.29) is 29.2 Å². The number of amidine groups is 1. The van der Waals surface area contributed by atoms with Crippen molar-refractivity contribution in [3.8, 4) is 0 Å². The Labute approximate surface area is 121 Å². The van der Waals surface area contributed by atoms with Crippen LogP contribution in [0.2, 0.25) is 0 Å². The average Bonchev–Trinajstić information content (AvgIpc) is 2.91. The van der Waals surface area contributed by atoms with Crippen LogP contribution in [0, 0.1) is 10.1 Å². The number of pyridine rings is 1. The molecule has 1 aromatic heterocycles. The lowest BCUT2D eigenvalue weighted by molar-refractivity contribution is -0.385. The molecule has 0 spiro atoms. The maximum Gasteiger partial charge on any atom is 0.288 e. The van der Waals surface area contributed by atoms with E-state index in [0.717, 1.165) is 12.6 Å². The molecule has 1 aromatic rings. The van der Waals surface area contributed by atoms with E-state index >= 15 is 0 Å². The number of nitrogens with zero attached hydrogens (tertiary/aromatic N) is 4. The van der Waals surface area contributed by atoms with Crippen molar-refractivity contribution in [2.24, 2.45) is 10.9 Å². The van der Waals surface area contributed by atoms with Gasteiger partial charge in [-0.05, 0) is 13.3 Å². The Morgan fingerprint density at radius 3 is 2.95 bits per heavy atom. The molecular formula is C12H17N5O4. The Hall–Kier alpha value is -2.42. The van der Waals surface area contributed by atoms with Gasteiger partial charge in [0.15, 0.2) is 5.84 Å². The standard InChI is InChI=1S/C12H17N5O4/c1-7-10(3-4-21-7)16(2)12-9(11(13)15-18)5-8(6-14-12)17(19)20/h5-7,10,18H,3-4H2,1-2H3,(H2,13,15). The van der Waals surface area contributed by atoms with Crippen LogP contribution in [0.3, 0.4) is 0 Å². The van der Waals surface area contributed by atoms with E-state index in [2.05, 4.69) is 10.1 Å². The number of hydrogen-bond donors (Lipinski definition) is 2.